The van der Waals surface area contributed by atoms with E-state index in [1.807, 2.05) is 6.92 Å². The third-order valence-corrected chi connectivity index (χ3v) is 4.69. The van der Waals surface area contributed by atoms with Crippen molar-refractivity contribution in [3.05, 3.63) is 83.0 Å². The molecule has 0 fully saturated rings. The zero-order chi connectivity index (χ0) is 21.2. The summed E-state index contributed by atoms with van der Waals surface area (Å²) in [4.78, 5) is 0. The first-order chi connectivity index (χ1) is 13.6. The van der Waals surface area contributed by atoms with E-state index in [0.717, 1.165) is 30.5 Å². The molecule has 1 aliphatic carbocycles. The first kappa shape index (κ1) is 21.0. The molecule has 0 N–H and O–H groups in total. The zero-order valence-electron chi connectivity index (χ0n) is 15.5. The topological polar surface area (TPSA) is 9.23 Å². The Labute approximate surface area is 164 Å². The second kappa shape index (κ2) is 7.97. The van der Waals surface area contributed by atoms with E-state index in [-0.39, 0.29) is 17.5 Å². The summed E-state index contributed by atoms with van der Waals surface area (Å²) in [6.07, 6.45) is -1.15. The van der Waals surface area contributed by atoms with E-state index >= 15 is 4.39 Å². The summed E-state index contributed by atoms with van der Waals surface area (Å²) in [5.74, 6) is -3.35. The van der Waals surface area contributed by atoms with Gasteiger partial charge in [0.15, 0.2) is 17.2 Å². The minimum absolute atomic E-state index is 0.183. The Kier molecular flexibility index (Phi) is 5.78. The average molecular weight is 412 g/mol. The van der Waals surface area contributed by atoms with Gasteiger partial charge in [-0.2, -0.15) is 0 Å². The van der Waals surface area contributed by atoms with Crippen molar-refractivity contribution in [1.29, 1.82) is 0 Å². The first-order valence-electron chi connectivity index (χ1n) is 9.05. The number of ether oxygens (including phenoxy) is 1. The van der Waals surface area contributed by atoms with E-state index in [4.69, 9.17) is 0 Å². The van der Waals surface area contributed by atoms with Gasteiger partial charge in [0.05, 0.1) is 0 Å². The van der Waals surface area contributed by atoms with E-state index in [0.29, 0.717) is 12.1 Å². The molecule has 2 aromatic carbocycles. The summed E-state index contributed by atoms with van der Waals surface area (Å²) in [6, 6.07) is 8.96. The van der Waals surface area contributed by atoms with Crippen LogP contribution in [0.15, 0.2) is 60.4 Å². The molecule has 0 amide bonds. The van der Waals surface area contributed by atoms with Crippen LogP contribution in [0.4, 0.5) is 26.3 Å². The van der Waals surface area contributed by atoms with Crippen LogP contribution in [0.5, 0.6) is 5.75 Å². The highest BCUT2D eigenvalue weighted by Crippen LogP contribution is 2.48. The second-order valence-electron chi connectivity index (χ2n) is 6.77. The van der Waals surface area contributed by atoms with Crippen LogP contribution in [-0.4, -0.2) is 6.36 Å². The lowest BCUT2D eigenvalue weighted by Gasteiger charge is -2.31. The number of rotatable bonds is 5. The summed E-state index contributed by atoms with van der Waals surface area (Å²) < 4.78 is 85.4. The molecule has 0 saturated carbocycles. The van der Waals surface area contributed by atoms with Crippen LogP contribution in [0.25, 0.3) is 5.57 Å². The molecule has 0 aliphatic heterocycles. The molecule has 29 heavy (non-hydrogen) atoms. The number of hydrogen-bond acceptors (Lipinski definition) is 1. The molecule has 1 atom stereocenters. The molecule has 0 spiro atoms. The smallest absolute Gasteiger partial charge is 0.403 e. The molecule has 154 valence electrons. The van der Waals surface area contributed by atoms with E-state index in [1.54, 1.807) is 24.3 Å². The maximum absolute atomic E-state index is 16.0. The fourth-order valence-corrected chi connectivity index (χ4v) is 3.42. The molecular formula is C22H18F6O. The fourth-order valence-electron chi connectivity index (χ4n) is 3.42. The number of halogens is 6. The maximum Gasteiger partial charge on any atom is 0.573 e. The normalized spacial score (nSPS) is 19.6. The van der Waals surface area contributed by atoms with Crippen molar-refractivity contribution in [3.8, 4) is 5.75 Å². The number of aryl methyl sites for hydroxylation is 1. The first-order valence-corrected chi connectivity index (χ1v) is 9.05. The molecule has 0 aromatic heterocycles. The highest BCUT2D eigenvalue weighted by Gasteiger charge is 2.41. The van der Waals surface area contributed by atoms with Crippen LogP contribution < -0.4 is 4.74 Å². The predicted molar refractivity (Wildman–Crippen MR) is 98.1 cm³/mol. The Balaban J connectivity index is 2.03. The van der Waals surface area contributed by atoms with Crippen molar-refractivity contribution in [3.63, 3.8) is 0 Å². The van der Waals surface area contributed by atoms with Crippen molar-refractivity contribution >= 4 is 5.57 Å². The third-order valence-electron chi connectivity index (χ3n) is 4.69. The Morgan fingerprint density at radius 1 is 1.03 bits per heavy atom. The highest BCUT2D eigenvalue weighted by atomic mass is 19.4. The summed E-state index contributed by atoms with van der Waals surface area (Å²) in [5.41, 5.74) is -1.73. The van der Waals surface area contributed by atoms with Gasteiger partial charge < -0.3 is 4.74 Å². The van der Waals surface area contributed by atoms with E-state index < -0.39 is 35.0 Å². The summed E-state index contributed by atoms with van der Waals surface area (Å²) in [7, 11) is 0. The molecule has 1 unspecified atom stereocenters. The van der Waals surface area contributed by atoms with Gasteiger partial charge in [-0.3, -0.25) is 0 Å². The van der Waals surface area contributed by atoms with Crippen LogP contribution in [0.3, 0.4) is 0 Å². The van der Waals surface area contributed by atoms with Gasteiger partial charge in [-0.15, -0.1) is 13.2 Å². The van der Waals surface area contributed by atoms with Crippen molar-refractivity contribution in [2.45, 2.75) is 38.2 Å². The monoisotopic (exact) mass is 412 g/mol. The minimum Gasteiger partial charge on any atom is -0.403 e. The Bertz CT molecular complexity index is 943. The van der Waals surface area contributed by atoms with Crippen molar-refractivity contribution in [2.24, 2.45) is 0 Å². The van der Waals surface area contributed by atoms with E-state index in [9.17, 15) is 22.0 Å². The predicted octanol–water partition coefficient (Wildman–Crippen LogP) is 7.18. The van der Waals surface area contributed by atoms with Gasteiger partial charge in [0.1, 0.15) is 5.83 Å². The van der Waals surface area contributed by atoms with Gasteiger partial charge in [-0.1, -0.05) is 49.8 Å². The molecule has 0 heterocycles. The molecule has 1 aliphatic rings. The number of alkyl halides is 4. The lowest BCUT2D eigenvalue weighted by Crippen LogP contribution is -2.24. The van der Waals surface area contributed by atoms with E-state index in [2.05, 4.69) is 4.74 Å². The van der Waals surface area contributed by atoms with Gasteiger partial charge in [0.25, 0.3) is 0 Å². The maximum atomic E-state index is 16.0. The molecule has 0 radical (unpaired) electrons. The zero-order valence-corrected chi connectivity index (χ0v) is 15.5. The molecule has 0 saturated heterocycles. The largest absolute Gasteiger partial charge is 0.573 e. The number of hydrogen-bond donors (Lipinski definition) is 0. The molecule has 0 bridgehead atoms. The molecular weight excluding hydrogens is 394 g/mol. The molecule has 7 heteroatoms. The lowest BCUT2D eigenvalue weighted by atomic mass is 9.78. The van der Waals surface area contributed by atoms with Crippen LogP contribution in [0, 0.1) is 5.82 Å². The fraction of sp³-hybridized carbons (Fsp3) is 0.273. The lowest BCUT2D eigenvalue weighted by molar-refractivity contribution is -0.275. The van der Waals surface area contributed by atoms with Gasteiger partial charge >= 0.3 is 6.36 Å². The van der Waals surface area contributed by atoms with Crippen LogP contribution >= 0.6 is 0 Å². The van der Waals surface area contributed by atoms with Gasteiger partial charge in [0, 0.05) is 12.0 Å². The van der Waals surface area contributed by atoms with Crippen molar-refractivity contribution in [1.82, 2.24) is 0 Å². The highest BCUT2D eigenvalue weighted by molar-refractivity contribution is 5.78. The van der Waals surface area contributed by atoms with Crippen LogP contribution in [0.1, 0.15) is 36.5 Å². The standard InChI is InChI=1S/C22H18F6O/c1-2-4-14-6-9-16(10-7-14)21(25)12-3-5-17(23)20(21)15-8-11-19(18(24)13-15)29-22(26,27)28/h3,5-11,13H,2,4,12H2,1H3. The second-order valence-corrected chi connectivity index (χ2v) is 6.77. The minimum atomic E-state index is -5.08. The van der Waals surface area contributed by atoms with Crippen molar-refractivity contribution < 1.29 is 31.1 Å². The molecule has 2 aromatic rings. The van der Waals surface area contributed by atoms with Gasteiger partial charge in [-0.25, -0.2) is 13.2 Å². The summed E-state index contributed by atoms with van der Waals surface area (Å²) in [6.45, 7) is 2.01. The molecule has 3 rings (SSSR count). The van der Waals surface area contributed by atoms with Crippen LogP contribution in [0.2, 0.25) is 0 Å². The van der Waals surface area contributed by atoms with Gasteiger partial charge in [-0.05, 0) is 41.3 Å². The average Bonchev–Trinajstić information content (AvgIpc) is 2.63. The third kappa shape index (κ3) is 4.49. The Hall–Kier alpha value is -2.70. The quantitative estimate of drug-likeness (QED) is 0.473. The Morgan fingerprint density at radius 2 is 1.72 bits per heavy atom. The SMILES string of the molecule is CCCc1ccc(C2(F)CC=CC(F)=C2c2ccc(OC(F)(F)F)c(F)c2)cc1. The van der Waals surface area contributed by atoms with Gasteiger partial charge in [0.2, 0.25) is 0 Å². The Morgan fingerprint density at radius 3 is 2.31 bits per heavy atom. The number of benzene rings is 2. The summed E-state index contributed by atoms with van der Waals surface area (Å²) >= 11 is 0. The van der Waals surface area contributed by atoms with Crippen molar-refractivity contribution in [2.75, 3.05) is 0 Å². The summed E-state index contributed by atoms with van der Waals surface area (Å²) in [5, 5.41) is 0. The molecule has 1 nitrogen and oxygen atoms in total. The van der Waals surface area contributed by atoms with E-state index in [1.165, 1.54) is 6.08 Å². The van der Waals surface area contributed by atoms with Crippen LogP contribution in [-0.2, 0) is 12.1 Å². The number of allylic oxidation sites excluding steroid dienone is 4.